The predicted molar refractivity (Wildman–Crippen MR) is 18.7 cm³/mol. The molecule has 0 aromatic rings. The van der Waals surface area contributed by atoms with Gasteiger partial charge in [0, 0.05) is 6.54 Å². The Kier molecular flexibility index (Phi) is 3.86. The van der Waals surface area contributed by atoms with E-state index in [4.69, 9.17) is 0 Å². The average Bonchev–Trinajstić information content (AvgIpc) is 1.41. The molecular formula is C3H7NO. The van der Waals surface area contributed by atoms with Gasteiger partial charge in [0.15, 0.2) is 0 Å². The third-order valence-electron chi connectivity index (χ3n) is 0.279. The van der Waals surface area contributed by atoms with E-state index in [1.165, 1.54) is 0 Å². The van der Waals surface area contributed by atoms with Gasteiger partial charge in [-0.05, 0) is 6.42 Å². The van der Waals surface area contributed by atoms with Crippen LogP contribution in [0.1, 0.15) is 6.42 Å². The third-order valence-corrected chi connectivity index (χ3v) is 0.279. The van der Waals surface area contributed by atoms with E-state index < -0.39 is 0 Å². The highest BCUT2D eigenvalue weighted by Crippen LogP contribution is 1.61. The van der Waals surface area contributed by atoms with Crippen LogP contribution < -0.4 is 5.48 Å². The van der Waals surface area contributed by atoms with Crippen molar-refractivity contribution in [3.8, 4) is 0 Å². The van der Waals surface area contributed by atoms with Gasteiger partial charge in [0.1, 0.15) is 0 Å². The fourth-order valence-corrected chi connectivity index (χ4v) is 0.0722. The lowest BCUT2D eigenvalue weighted by Gasteiger charge is -1.79. The summed E-state index contributed by atoms with van der Waals surface area (Å²) in [6.45, 7) is 3.89. The summed E-state index contributed by atoms with van der Waals surface area (Å²) in [7, 11) is 0. The van der Waals surface area contributed by atoms with Gasteiger partial charge in [-0.3, -0.25) is 0 Å². The molecule has 0 bridgehead atoms. The Morgan fingerprint density at radius 2 is 2.40 bits per heavy atom. The summed E-state index contributed by atoms with van der Waals surface area (Å²) in [6.07, 6.45) is 0.670. The van der Waals surface area contributed by atoms with Crippen molar-refractivity contribution in [1.29, 1.82) is 0 Å². The summed E-state index contributed by atoms with van der Waals surface area (Å²) in [6, 6.07) is 0. The molecule has 2 radical (unpaired) electrons. The van der Waals surface area contributed by atoms with Crippen LogP contribution in [0.25, 0.3) is 0 Å². The summed E-state index contributed by atoms with van der Waals surface area (Å²) < 4.78 is 0. The molecular weight excluding hydrogens is 66.0 g/mol. The first-order chi connectivity index (χ1) is 2.41. The molecule has 0 saturated carbocycles. The molecule has 0 saturated heterocycles. The van der Waals surface area contributed by atoms with Gasteiger partial charge >= 0.3 is 0 Å². The minimum absolute atomic E-state index is 0.472. The van der Waals surface area contributed by atoms with Gasteiger partial charge in [-0.2, -0.15) is 5.48 Å². The van der Waals surface area contributed by atoms with Gasteiger partial charge in [0.25, 0.3) is 0 Å². The number of nitrogens with one attached hydrogen (secondary N) is 1. The second kappa shape index (κ2) is 3.92. The van der Waals surface area contributed by atoms with Crippen molar-refractivity contribution in [3.05, 3.63) is 6.92 Å². The minimum atomic E-state index is 0.472. The van der Waals surface area contributed by atoms with Crippen LogP contribution in [0.4, 0.5) is 0 Å². The summed E-state index contributed by atoms with van der Waals surface area (Å²) in [5.74, 6) is 0. The fraction of sp³-hybridized carbons (Fsp3) is 0.667. The molecule has 1 N–H and O–H groups in total. The van der Waals surface area contributed by atoms with Crippen LogP contribution in [0.5, 0.6) is 0 Å². The van der Waals surface area contributed by atoms with Crippen LogP contribution in [0, 0.1) is 6.92 Å². The van der Waals surface area contributed by atoms with Crippen LogP contribution in [0.3, 0.4) is 0 Å². The Morgan fingerprint density at radius 1 is 1.80 bits per heavy atom. The first kappa shape index (κ1) is 4.92. The first-order valence-electron chi connectivity index (χ1n) is 1.56. The van der Waals surface area contributed by atoms with Gasteiger partial charge in [-0.1, -0.05) is 6.92 Å². The van der Waals surface area contributed by atoms with E-state index in [-0.39, 0.29) is 0 Å². The lowest BCUT2D eigenvalue weighted by Crippen LogP contribution is -2.03. The number of rotatable bonds is 2. The zero-order chi connectivity index (χ0) is 4.12. The molecule has 0 spiro atoms. The molecule has 0 fully saturated rings. The second-order valence-electron chi connectivity index (χ2n) is 0.748. The molecule has 2 nitrogen and oxygen atoms in total. The maximum Gasteiger partial charge on any atom is 0.0240 e. The van der Waals surface area contributed by atoms with Gasteiger partial charge < -0.3 is 0 Å². The Balaban J connectivity index is 2.19. The molecule has 2 heteroatoms. The van der Waals surface area contributed by atoms with E-state index in [9.17, 15) is 5.21 Å². The number of hydrogen-bond acceptors (Lipinski definition) is 1. The molecule has 0 unspecified atom stereocenters. The quantitative estimate of drug-likeness (QED) is 0.463. The van der Waals surface area contributed by atoms with Gasteiger partial charge in [-0.25, -0.2) is 0 Å². The summed E-state index contributed by atoms with van der Waals surface area (Å²) in [5, 5.41) is 9.24. The summed E-state index contributed by atoms with van der Waals surface area (Å²) in [4.78, 5) is 0. The van der Waals surface area contributed by atoms with Crippen molar-refractivity contribution in [2.24, 2.45) is 0 Å². The first-order valence-corrected chi connectivity index (χ1v) is 1.56. The summed E-state index contributed by atoms with van der Waals surface area (Å²) >= 11 is 0. The Hall–Kier alpha value is -0.0800. The van der Waals surface area contributed by atoms with Crippen LogP contribution in [-0.4, -0.2) is 6.54 Å². The maximum absolute atomic E-state index is 9.24. The van der Waals surface area contributed by atoms with E-state index in [0.717, 1.165) is 0 Å². The molecule has 0 aliphatic rings. The predicted octanol–water partition coefficient (Wildman–Crippen LogP) is 0.146. The van der Waals surface area contributed by atoms with E-state index >= 15 is 0 Å². The topological polar surface area (TPSA) is 31.9 Å². The lowest BCUT2D eigenvalue weighted by molar-refractivity contribution is 0.0776. The lowest BCUT2D eigenvalue weighted by atomic mass is 10.5. The highest BCUT2D eigenvalue weighted by molar-refractivity contribution is 4.35. The molecule has 0 atom stereocenters. The SMILES string of the molecule is [CH2]CCN[O]. The minimum Gasteiger partial charge on any atom is -0.168 e. The van der Waals surface area contributed by atoms with Crippen molar-refractivity contribution in [2.45, 2.75) is 6.42 Å². The molecule has 0 aliphatic carbocycles. The van der Waals surface area contributed by atoms with Gasteiger partial charge in [-0.15, -0.1) is 5.21 Å². The summed E-state index contributed by atoms with van der Waals surface area (Å²) in [5.41, 5.74) is 1.70. The molecule has 0 amide bonds. The monoisotopic (exact) mass is 73.1 g/mol. The zero-order valence-corrected chi connectivity index (χ0v) is 3.03. The average molecular weight is 73.1 g/mol. The molecule has 0 heterocycles. The Labute approximate surface area is 31.8 Å². The van der Waals surface area contributed by atoms with Crippen molar-refractivity contribution in [3.63, 3.8) is 0 Å². The van der Waals surface area contributed by atoms with Crippen molar-refractivity contribution < 1.29 is 5.21 Å². The molecule has 5 heavy (non-hydrogen) atoms. The van der Waals surface area contributed by atoms with Crippen molar-refractivity contribution in [2.75, 3.05) is 6.54 Å². The fourth-order valence-electron chi connectivity index (χ4n) is 0.0722. The third kappa shape index (κ3) is 3.92. The van der Waals surface area contributed by atoms with Crippen LogP contribution in [0.2, 0.25) is 0 Å². The van der Waals surface area contributed by atoms with E-state index in [1.54, 1.807) is 5.48 Å². The van der Waals surface area contributed by atoms with Crippen LogP contribution >= 0.6 is 0 Å². The molecule has 30 valence electrons. The van der Waals surface area contributed by atoms with E-state index in [2.05, 4.69) is 6.92 Å². The molecule has 0 aromatic heterocycles. The molecule has 0 rings (SSSR count). The van der Waals surface area contributed by atoms with Crippen molar-refractivity contribution in [1.82, 2.24) is 5.48 Å². The van der Waals surface area contributed by atoms with Crippen molar-refractivity contribution >= 4 is 0 Å². The highest BCUT2D eigenvalue weighted by atomic mass is 16.5. The number of hydrogen-bond donors (Lipinski definition) is 1. The van der Waals surface area contributed by atoms with E-state index in [1.807, 2.05) is 0 Å². The Morgan fingerprint density at radius 3 is 2.40 bits per heavy atom. The second-order valence-corrected chi connectivity index (χ2v) is 0.748. The van der Waals surface area contributed by atoms with Gasteiger partial charge in [0.05, 0.1) is 0 Å². The highest BCUT2D eigenvalue weighted by Gasteiger charge is 1.68. The zero-order valence-electron chi connectivity index (χ0n) is 3.03. The molecule has 0 aliphatic heterocycles. The number of hydroxylamine groups is 1. The maximum atomic E-state index is 9.24. The molecule has 0 aromatic carbocycles. The Bertz CT molecular complexity index is 14.4. The largest absolute Gasteiger partial charge is 0.168 e. The normalized spacial score (nSPS) is 8.40. The van der Waals surface area contributed by atoms with E-state index in [0.29, 0.717) is 13.0 Å². The standard InChI is InChI=1S/C3H7NO/c1-2-3-4-5/h4H,1-3H2. The van der Waals surface area contributed by atoms with Crippen LogP contribution in [0.15, 0.2) is 0 Å². The van der Waals surface area contributed by atoms with Gasteiger partial charge in [0.2, 0.25) is 0 Å². The smallest absolute Gasteiger partial charge is 0.0240 e. The van der Waals surface area contributed by atoms with Crippen LogP contribution in [-0.2, 0) is 5.21 Å².